The van der Waals surface area contributed by atoms with Gasteiger partial charge in [0, 0.05) is 5.56 Å². The zero-order chi connectivity index (χ0) is 14.1. The lowest BCUT2D eigenvalue weighted by molar-refractivity contribution is 0.389. The van der Waals surface area contributed by atoms with Crippen LogP contribution >= 0.6 is 11.6 Å². The van der Waals surface area contributed by atoms with Crippen LogP contribution in [-0.2, 0) is 0 Å². The Morgan fingerprint density at radius 3 is 2.70 bits per heavy atom. The van der Waals surface area contributed by atoms with Crippen molar-refractivity contribution >= 4 is 17.2 Å². The second-order valence-electron chi connectivity index (χ2n) is 4.13. The summed E-state index contributed by atoms with van der Waals surface area (Å²) in [4.78, 5) is 4.53. The Labute approximate surface area is 120 Å². The van der Waals surface area contributed by atoms with Gasteiger partial charge in [0.25, 0.3) is 0 Å². The van der Waals surface area contributed by atoms with Gasteiger partial charge in [-0.25, -0.2) is 4.98 Å². The van der Waals surface area contributed by atoms with E-state index in [0.29, 0.717) is 22.4 Å². The van der Waals surface area contributed by atoms with Crippen LogP contribution in [0.4, 0.5) is 0 Å². The zero-order valence-electron chi connectivity index (χ0n) is 11.0. The molecule has 0 unspecified atom stereocenters. The lowest BCUT2D eigenvalue weighted by atomic mass is 10.1. The molecule has 6 heteroatoms. The van der Waals surface area contributed by atoms with E-state index in [9.17, 15) is 0 Å². The van der Waals surface area contributed by atoms with E-state index in [1.807, 2.05) is 24.3 Å². The minimum absolute atomic E-state index is 0.380. The van der Waals surface area contributed by atoms with Crippen LogP contribution in [0.1, 0.15) is 0 Å². The number of nitrogens with zero attached hydrogens (tertiary/aromatic N) is 3. The molecule has 3 rings (SSSR count). The fraction of sp³-hybridized carbons (Fsp3) is 0.143. The van der Waals surface area contributed by atoms with Gasteiger partial charge in [-0.05, 0) is 24.3 Å². The van der Waals surface area contributed by atoms with Crippen molar-refractivity contribution in [3.8, 4) is 22.9 Å². The van der Waals surface area contributed by atoms with Gasteiger partial charge in [-0.15, -0.1) is 0 Å². The number of hydrogen-bond acceptors (Lipinski definition) is 4. The van der Waals surface area contributed by atoms with E-state index in [0.717, 1.165) is 11.3 Å². The van der Waals surface area contributed by atoms with E-state index in [2.05, 4.69) is 10.1 Å². The molecule has 0 aliphatic heterocycles. The van der Waals surface area contributed by atoms with Gasteiger partial charge in [0.05, 0.1) is 14.2 Å². The Kier molecular flexibility index (Phi) is 3.20. The molecule has 0 bridgehead atoms. The SMILES string of the molecule is COc1cccc(-c2nc3ccc(Cl)nn3c2OC)c1. The molecule has 0 aliphatic carbocycles. The molecule has 0 radical (unpaired) electrons. The molecule has 1 aromatic carbocycles. The first-order chi connectivity index (χ1) is 9.72. The molecule has 0 aliphatic rings. The summed E-state index contributed by atoms with van der Waals surface area (Å²) in [6, 6.07) is 11.1. The molecular weight excluding hydrogens is 278 g/mol. The lowest BCUT2D eigenvalue weighted by Gasteiger charge is -2.04. The molecule has 5 nitrogen and oxygen atoms in total. The summed E-state index contributed by atoms with van der Waals surface area (Å²) in [5.41, 5.74) is 2.26. The minimum Gasteiger partial charge on any atom is -0.497 e. The number of hydrogen-bond donors (Lipinski definition) is 0. The van der Waals surface area contributed by atoms with Gasteiger partial charge in [-0.3, -0.25) is 0 Å². The number of methoxy groups -OCH3 is 2. The summed E-state index contributed by atoms with van der Waals surface area (Å²) in [5.74, 6) is 1.29. The molecular formula is C14H12ClN3O2. The summed E-state index contributed by atoms with van der Waals surface area (Å²) < 4.78 is 12.2. The molecule has 0 spiro atoms. The number of halogens is 1. The first-order valence-corrected chi connectivity index (χ1v) is 6.34. The van der Waals surface area contributed by atoms with Crippen LogP contribution in [-0.4, -0.2) is 28.8 Å². The van der Waals surface area contributed by atoms with Crippen molar-refractivity contribution in [2.45, 2.75) is 0 Å². The molecule has 2 aromatic heterocycles. The van der Waals surface area contributed by atoms with E-state index >= 15 is 0 Å². The van der Waals surface area contributed by atoms with Crippen LogP contribution in [0.25, 0.3) is 16.9 Å². The highest BCUT2D eigenvalue weighted by Crippen LogP contribution is 2.32. The third kappa shape index (κ3) is 2.06. The summed E-state index contributed by atoms with van der Waals surface area (Å²) in [7, 11) is 3.21. The van der Waals surface area contributed by atoms with E-state index in [4.69, 9.17) is 21.1 Å². The van der Waals surface area contributed by atoms with Crippen molar-refractivity contribution in [3.05, 3.63) is 41.6 Å². The predicted molar refractivity (Wildman–Crippen MR) is 76.5 cm³/mol. The van der Waals surface area contributed by atoms with Crippen molar-refractivity contribution in [1.29, 1.82) is 0 Å². The standard InChI is InChI=1S/C14H12ClN3O2/c1-19-10-5-3-4-9(8-10)13-14(20-2)18-12(16-13)7-6-11(15)17-18/h3-8H,1-2H3. The molecule has 0 atom stereocenters. The maximum absolute atomic E-state index is 5.92. The van der Waals surface area contributed by atoms with Crippen molar-refractivity contribution in [2.24, 2.45) is 0 Å². The minimum atomic E-state index is 0.380. The lowest BCUT2D eigenvalue weighted by Crippen LogP contribution is -1.96. The number of imidazole rings is 1. The predicted octanol–water partition coefficient (Wildman–Crippen LogP) is 3.07. The van der Waals surface area contributed by atoms with Crippen LogP contribution in [0.5, 0.6) is 11.6 Å². The smallest absolute Gasteiger partial charge is 0.243 e. The quantitative estimate of drug-likeness (QED) is 0.743. The van der Waals surface area contributed by atoms with Crippen molar-refractivity contribution < 1.29 is 9.47 Å². The van der Waals surface area contributed by atoms with Gasteiger partial charge in [-0.2, -0.15) is 9.61 Å². The largest absolute Gasteiger partial charge is 0.497 e. The third-order valence-corrected chi connectivity index (χ3v) is 3.14. The number of rotatable bonds is 3. The Balaban J connectivity index is 2.24. The second-order valence-corrected chi connectivity index (χ2v) is 4.51. The highest BCUT2D eigenvalue weighted by molar-refractivity contribution is 6.29. The van der Waals surface area contributed by atoms with Crippen molar-refractivity contribution in [3.63, 3.8) is 0 Å². The molecule has 3 aromatic rings. The molecule has 0 saturated carbocycles. The molecule has 20 heavy (non-hydrogen) atoms. The first-order valence-electron chi connectivity index (χ1n) is 5.96. The fourth-order valence-corrected chi connectivity index (χ4v) is 2.17. The highest BCUT2D eigenvalue weighted by Gasteiger charge is 2.16. The molecule has 0 fully saturated rings. The Morgan fingerprint density at radius 2 is 1.95 bits per heavy atom. The fourth-order valence-electron chi connectivity index (χ4n) is 2.03. The maximum Gasteiger partial charge on any atom is 0.243 e. The topological polar surface area (TPSA) is 48.7 Å². The van der Waals surface area contributed by atoms with Crippen LogP contribution in [0.15, 0.2) is 36.4 Å². The molecule has 2 heterocycles. The monoisotopic (exact) mass is 289 g/mol. The van der Waals surface area contributed by atoms with E-state index in [-0.39, 0.29) is 0 Å². The molecule has 102 valence electrons. The molecule has 0 saturated heterocycles. The summed E-state index contributed by atoms with van der Waals surface area (Å²) in [5, 5.41) is 4.58. The summed E-state index contributed by atoms with van der Waals surface area (Å²) in [6.07, 6.45) is 0. The van der Waals surface area contributed by atoms with E-state index < -0.39 is 0 Å². The van der Waals surface area contributed by atoms with Crippen LogP contribution in [0, 0.1) is 0 Å². The van der Waals surface area contributed by atoms with Crippen LogP contribution in [0.2, 0.25) is 5.15 Å². The zero-order valence-corrected chi connectivity index (χ0v) is 11.8. The van der Waals surface area contributed by atoms with Gasteiger partial charge >= 0.3 is 0 Å². The Morgan fingerprint density at radius 1 is 1.10 bits per heavy atom. The maximum atomic E-state index is 5.92. The van der Waals surface area contributed by atoms with Crippen LogP contribution in [0.3, 0.4) is 0 Å². The number of aromatic nitrogens is 3. The number of fused-ring (bicyclic) bond motifs is 1. The number of benzene rings is 1. The third-order valence-electron chi connectivity index (χ3n) is 2.94. The van der Waals surface area contributed by atoms with Crippen LogP contribution < -0.4 is 9.47 Å². The van der Waals surface area contributed by atoms with Gasteiger partial charge in [0.2, 0.25) is 5.88 Å². The first kappa shape index (κ1) is 12.7. The second kappa shape index (κ2) is 5.02. The molecule has 0 amide bonds. The highest BCUT2D eigenvalue weighted by atomic mass is 35.5. The van der Waals surface area contributed by atoms with Crippen molar-refractivity contribution in [1.82, 2.24) is 14.6 Å². The van der Waals surface area contributed by atoms with Crippen molar-refractivity contribution in [2.75, 3.05) is 14.2 Å². The molecule has 0 N–H and O–H groups in total. The summed E-state index contributed by atoms with van der Waals surface area (Å²) in [6.45, 7) is 0. The Hall–Kier alpha value is -2.27. The number of ether oxygens (including phenoxy) is 2. The summed E-state index contributed by atoms with van der Waals surface area (Å²) >= 11 is 5.92. The van der Waals surface area contributed by atoms with Gasteiger partial charge in [0.1, 0.15) is 16.6 Å². The van der Waals surface area contributed by atoms with Gasteiger partial charge in [0.15, 0.2) is 5.65 Å². The van der Waals surface area contributed by atoms with Gasteiger partial charge < -0.3 is 9.47 Å². The van der Waals surface area contributed by atoms with E-state index in [1.54, 1.807) is 30.9 Å². The van der Waals surface area contributed by atoms with Gasteiger partial charge in [-0.1, -0.05) is 23.7 Å². The average Bonchev–Trinajstić information content (AvgIpc) is 2.85. The Bertz CT molecular complexity index is 770. The van der Waals surface area contributed by atoms with E-state index in [1.165, 1.54) is 0 Å². The normalized spacial score (nSPS) is 10.8. The average molecular weight is 290 g/mol.